The van der Waals surface area contributed by atoms with E-state index in [1.165, 1.54) is 0 Å². The number of carbonyl (C=O) groups excluding carboxylic acids is 1. The zero-order valence-electron chi connectivity index (χ0n) is 15.6. The predicted molar refractivity (Wildman–Crippen MR) is 105 cm³/mol. The number of hydrogen-bond acceptors (Lipinski definition) is 5. The SMILES string of the molecule is COc1cnc2[nH]cc(-c3cccc(N4CCCN(C(C)=O)CC4)n3)c2c1. The van der Waals surface area contributed by atoms with E-state index in [9.17, 15) is 4.79 Å². The van der Waals surface area contributed by atoms with Crippen LogP contribution in [0.3, 0.4) is 0 Å². The van der Waals surface area contributed by atoms with Gasteiger partial charge in [-0.05, 0) is 24.6 Å². The first-order valence-corrected chi connectivity index (χ1v) is 9.15. The molecule has 1 fully saturated rings. The highest BCUT2D eigenvalue weighted by Gasteiger charge is 2.18. The summed E-state index contributed by atoms with van der Waals surface area (Å²) in [6.07, 6.45) is 4.58. The van der Waals surface area contributed by atoms with Crippen LogP contribution in [-0.4, -0.2) is 59.0 Å². The maximum absolute atomic E-state index is 11.7. The van der Waals surface area contributed by atoms with Gasteiger partial charge < -0.3 is 19.5 Å². The van der Waals surface area contributed by atoms with Crippen molar-refractivity contribution in [3.63, 3.8) is 0 Å². The largest absolute Gasteiger partial charge is 0.495 e. The molecule has 0 bridgehead atoms. The van der Waals surface area contributed by atoms with Crippen LogP contribution < -0.4 is 9.64 Å². The van der Waals surface area contributed by atoms with Gasteiger partial charge in [0.1, 0.15) is 17.2 Å². The van der Waals surface area contributed by atoms with E-state index in [1.54, 1.807) is 20.2 Å². The summed E-state index contributed by atoms with van der Waals surface area (Å²) in [5.41, 5.74) is 2.70. The van der Waals surface area contributed by atoms with Gasteiger partial charge in [0.2, 0.25) is 5.91 Å². The van der Waals surface area contributed by atoms with E-state index in [2.05, 4.69) is 14.9 Å². The number of fused-ring (bicyclic) bond motifs is 1. The Kier molecular flexibility index (Phi) is 4.66. The summed E-state index contributed by atoms with van der Waals surface area (Å²) in [5.74, 6) is 1.79. The molecule has 0 unspecified atom stereocenters. The minimum atomic E-state index is 0.138. The topological polar surface area (TPSA) is 74.3 Å². The number of ether oxygens (including phenoxy) is 1. The van der Waals surface area contributed by atoms with Crippen LogP contribution >= 0.6 is 0 Å². The van der Waals surface area contributed by atoms with Gasteiger partial charge in [-0.15, -0.1) is 0 Å². The maximum Gasteiger partial charge on any atom is 0.219 e. The van der Waals surface area contributed by atoms with Gasteiger partial charge in [0.25, 0.3) is 0 Å². The predicted octanol–water partition coefficient (Wildman–Crippen LogP) is 2.69. The number of anilines is 1. The number of amides is 1. The van der Waals surface area contributed by atoms with Crippen LogP contribution in [0.1, 0.15) is 13.3 Å². The molecule has 4 rings (SSSR count). The lowest BCUT2D eigenvalue weighted by Gasteiger charge is -2.22. The first-order valence-electron chi connectivity index (χ1n) is 9.15. The number of H-pyrrole nitrogens is 1. The van der Waals surface area contributed by atoms with Gasteiger partial charge in [-0.1, -0.05) is 6.07 Å². The fourth-order valence-electron chi connectivity index (χ4n) is 3.52. The third kappa shape index (κ3) is 3.45. The number of rotatable bonds is 3. The lowest BCUT2D eigenvalue weighted by molar-refractivity contribution is -0.128. The van der Waals surface area contributed by atoms with Crippen molar-refractivity contribution in [3.05, 3.63) is 36.7 Å². The smallest absolute Gasteiger partial charge is 0.219 e. The second-order valence-electron chi connectivity index (χ2n) is 6.70. The molecule has 1 aliphatic heterocycles. The van der Waals surface area contributed by atoms with Gasteiger partial charge in [-0.25, -0.2) is 9.97 Å². The third-order valence-corrected chi connectivity index (χ3v) is 5.02. The van der Waals surface area contributed by atoms with Crippen LogP contribution in [0.25, 0.3) is 22.3 Å². The summed E-state index contributed by atoms with van der Waals surface area (Å²) in [5, 5.41) is 0.984. The molecule has 1 N–H and O–H groups in total. The minimum Gasteiger partial charge on any atom is -0.495 e. The Labute approximate surface area is 158 Å². The fraction of sp³-hybridized carbons (Fsp3) is 0.350. The van der Waals surface area contributed by atoms with Gasteiger partial charge in [0.15, 0.2) is 0 Å². The van der Waals surface area contributed by atoms with E-state index in [0.29, 0.717) is 0 Å². The van der Waals surface area contributed by atoms with Crippen LogP contribution in [0.15, 0.2) is 36.7 Å². The van der Waals surface area contributed by atoms with Gasteiger partial charge in [0, 0.05) is 50.2 Å². The zero-order valence-corrected chi connectivity index (χ0v) is 15.6. The Morgan fingerprint density at radius 2 is 2.11 bits per heavy atom. The van der Waals surface area contributed by atoms with E-state index in [4.69, 9.17) is 9.72 Å². The van der Waals surface area contributed by atoms with Gasteiger partial charge in [-0.2, -0.15) is 0 Å². The number of pyridine rings is 2. The normalized spacial score (nSPS) is 15.0. The molecule has 0 aliphatic carbocycles. The summed E-state index contributed by atoms with van der Waals surface area (Å²) in [6.45, 7) is 4.85. The van der Waals surface area contributed by atoms with Crippen molar-refractivity contribution in [2.24, 2.45) is 0 Å². The molecule has 0 aromatic carbocycles. The molecule has 27 heavy (non-hydrogen) atoms. The first kappa shape index (κ1) is 17.3. The second-order valence-corrected chi connectivity index (χ2v) is 6.70. The summed E-state index contributed by atoms with van der Waals surface area (Å²) >= 11 is 0. The molecule has 140 valence electrons. The lowest BCUT2D eigenvalue weighted by atomic mass is 10.1. The molecule has 1 amide bonds. The van der Waals surface area contributed by atoms with Crippen molar-refractivity contribution in [2.45, 2.75) is 13.3 Å². The molecule has 0 saturated carbocycles. The Morgan fingerprint density at radius 3 is 2.93 bits per heavy atom. The quantitative estimate of drug-likeness (QED) is 0.772. The average molecular weight is 365 g/mol. The first-order chi connectivity index (χ1) is 13.2. The van der Waals surface area contributed by atoms with Crippen molar-refractivity contribution in [2.75, 3.05) is 38.2 Å². The van der Waals surface area contributed by atoms with Crippen molar-refractivity contribution in [3.8, 4) is 17.0 Å². The molecule has 7 heteroatoms. The standard InChI is InChI=1S/C20H23N5O2/c1-14(26)24-7-4-8-25(10-9-24)19-6-3-5-18(23-19)17-13-22-20-16(17)11-15(27-2)12-21-20/h3,5-6,11-13H,4,7-10H2,1-2H3,(H,21,22). The van der Waals surface area contributed by atoms with Crippen LogP contribution in [0.2, 0.25) is 0 Å². The number of aromatic amines is 1. The molecule has 3 aromatic rings. The van der Waals surface area contributed by atoms with Crippen molar-refractivity contribution >= 4 is 22.8 Å². The summed E-state index contributed by atoms with van der Waals surface area (Å²) in [6, 6.07) is 8.03. The molecule has 3 aromatic heterocycles. The lowest BCUT2D eigenvalue weighted by Crippen LogP contribution is -2.33. The van der Waals surface area contributed by atoms with E-state index in [0.717, 1.165) is 66.5 Å². The number of hydrogen-bond donors (Lipinski definition) is 1. The number of aromatic nitrogens is 3. The van der Waals surface area contributed by atoms with E-state index in [1.807, 2.05) is 35.4 Å². The van der Waals surface area contributed by atoms with E-state index < -0.39 is 0 Å². The summed E-state index contributed by atoms with van der Waals surface area (Å²) < 4.78 is 5.31. The number of methoxy groups -OCH3 is 1. The van der Waals surface area contributed by atoms with Crippen molar-refractivity contribution in [1.82, 2.24) is 19.9 Å². The Hall–Kier alpha value is -3.09. The molecule has 0 atom stereocenters. The number of nitrogens with zero attached hydrogens (tertiary/aromatic N) is 4. The minimum absolute atomic E-state index is 0.138. The third-order valence-electron chi connectivity index (χ3n) is 5.02. The maximum atomic E-state index is 11.7. The van der Waals surface area contributed by atoms with Crippen LogP contribution in [0, 0.1) is 0 Å². The highest BCUT2D eigenvalue weighted by molar-refractivity contribution is 5.93. The van der Waals surface area contributed by atoms with Gasteiger partial charge >= 0.3 is 0 Å². The summed E-state index contributed by atoms with van der Waals surface area (Å²) in [7, 11) is 1.64. The van der Waals surface area contributed by atoms with Crippen LogP contribution in [0.5, 0.6) is 5.75 Å². The molecule has 7 nitrogen and oxygen atoms in total. The zero-order chi connectivity index (χ0) is 18.8. The average Bonchev–Trinajstić information content (AvgIpc) is 2.94. The Balaban J connectivity index is 1.64. The Morgan fingerprint density at radius 1 is 1.22 bits per heavy atom. The molecule has 0 radical (unpaired) electrons. The molecule has 0 spiro atoms. The number of nitrogens with one attached hydrogen (secondary N) is 1. The fourth-order valence-corrected chi connectivity index (χ4v) is 3.52. The number of carbonyl (C=O) groups is 1. The van der Waals surface area contributed by atoms with E-state index >= 15 is 0 Å². The van der Waals surface area contributed by atoms with E-state index in [-0.39, 0.29) is 5.91 Å². The molecule has 4 heterocycles. The van der Waals surface area contributed by atoms with Gasteiger partial charge in [-0.3, -0.25) is 4.79 Å². The summed E-state index contributed by atoms with van der Waals surface area (Å²) in [4.78, 5) is 28.3. The monoisotopic (exact) mass is 365 g/mol. The molecule has 1 saturated heterocycles. The van der Waals surface area contributed by atoms with Crippen molar-refractivity contribution in [1.29, 1.82) is 0 Å². The molecular weight excluding hydrogens is 342 g/mol. The van der Waals surface area contributed by atoms with Gasteiger partial charge in [0.05, 0.1) is 19.0 Å². The second kappa shape index (κ2) is 7.26. The van der Waals surface area contributed by atoms with Crippen molar-refractivity contribution < 1.29 is 9.53 Å². The molecule has 1 aliphatic rings. The highest BCUT2D eigenvalue weighted by Crippen LogP contribution is 2.30. The van der Waals surface area contributed by atoms with Crippen LogP contribution in [0.4, 0.5) is 5.82 Å². The molecular formula is C20H23N5O2. The highest BCUT2D eigenvalue weighted by atomic mass is 16.5. The Bertz CT molecular complexity index is 968. The van der Waals surface area contributed by atoms with Crippen LogP contribution in [-0.2, 0) is 4.79 Å².